The van der Waals surface area contributed by atoms with Gasteiger partial charge in [-0.1, -0.05) is 177 Å². The summed E-state index contributed by atoms with van der Waals surface area (Å²) >= 11 is 0. The molecule has 1 heteroatoms. The number of benzene rings is 7. The summed E-state index contributed by atoms with van der Waals surface area (Å²) < 4.78 is 0. The van der Waals surface area contributed by atoms with Crippen molar-refractivity contribution in [2.45, 2.75) is 77.0 Å². The zero-order valence-corrected chi connectivity index (χ0v) is 33.4. The second-order valence-corrected chi connectivity index (χ2v) is 18.6. The van der Waals surface area contributed by atoms with Crippen molar-refractivity contribution in [3.05, 3.63) is 196 Å². The molecule has 0 unspecified atom stereocenters. The van der Waals surface area contributed by atoms with Gasteiger partial charge in [0.05, 0.1) is 11.1 Å². The Morgan fingerprint density at radius 3 is 1.49 bits per heavy atom. The van der Waals surface area contributed by atoms with E-state index in [0.717, 1.165) is 5.69 Å². The van der Waals surface area contributed by atoms with E-state index in [1.807, 2.05) is 0 Å². The van der Waals surface area contributed by atoms with Crippen LogP contribution in [-0.4, -0.2) is 0 Å². The first kappa shape index (κ1) is 33.9. The van der Waals surface area contributed by atoms with Crippen LogP contribution in [0.1, 0.15) is 99.9 Å². The molecule has 0 atom stereocenters. The average molecular weight is 712 g/mol. The van der Waals surface area contributed by atoms with Gasteiger partial charge in [0, 0.05) is 22.4 Å². The standard InChI is InChI=1S/C54H49N/c1-51(2,3)34-25-28-41-42-29-26-35(52(4,5)6)32-48(42)54(47(41)31-34)45-23-15-13-20-39(45)43-21-16-24-49(50(43)54)55(36-17-10-9-11-18-36)37-27-30-40-38-19-12-14-22-44(38)53(7,8)46(40)33-37/h9-33H,1-8H3. The molecule has 1 nitrogen and oxygen atoms in total. The molecule has 0 N–H and O–H groups in total. The van der Waals surface area contributed by atoms with E-state index in [9.17, 15) is 0 Å². The molecule has 0 aromatic heterocycles. The Morgan fingerprint density at radius 2 is 0.873 bits per heavy atom. The Labute approximate surface area is 327 Å². The van der Waals surface area contributed by atoms with E-state index in [1.54, 1.807) is 0 Å². The van der Waals surface area contributed by atoms with Crippen LogP contribution in [0.15, 0.2) is 152 Å². The van der Waals surface area contributed by atoms with Gasteiger partial charge in [0.2, 0.25) is 0 Å². The molecule has 1 spiro atoms. The van der Waals surface area contributed by atoms with Gasteiger partial charge < -0.3 is 4.90 Å². The summed E-state index contributed by atoms with van der Waals surface area (Å²) in [6, 6.07) is 58.1. The third-order valence-electron chi connectivity index (χ3n) is 13.0. The molecule has 0 fully saturated rings. The van der Waals surface area contributed by atoms with Gasteiger partial charge in [-0.2, -0.15) is 0 Å². The van der Waals surface area contributed by atoms with Crippen LogP contribution in [0.5, 0.6) is 0 Å². The van der Waals surface area contributed by atoms with Crippen LogP contribution >= 0.6 is 0 Å². The maximum Gasteiger partial charge on any atom is 0.0746 e. The minimum Gasteiger partial charge on any atom is -0.310 e. The molecule has 7 aromatic carbocycles. The smallest absolute Gasteiger partial charge is 0.0746 e. The SMILES string of the molecule is CC(C)(C)c1ccc2c(c1)C1(c3cc(C(C)(C)C)ccc3-2)c2ccccc2-c2cccc(N(c3ccccc3)c3ccc4c(c3)C(C)(C)c3ccccc3-4)c21. The van der Waals surface area contributed by atoms with Gasteiger partial charge in [-0.15, -0.1) is 0 Å². The fourth-order valence-corrected chi connectivity index (χ4v) is 10.2. The zero-order valence-electron chi connectivity index (χ0n) is 33.4. The quantitative estimate of drug-likeness (QED) is 0.176. The number of hydrogen-bond donors (Lipinski definition) is 0. The number of rotatable bonds is 3. The lowest BCUT2D eigenvalue weighted by atomic mass is 9.68. The molecule has 270 valence electrons. The molecular formula is C54H49N. The Hall–Kier alpha value is -5.66. The monoisotopic (exact) mass is 711 g/mol. The van der Waals surface area contributed by atoms with Gasteiger partial charge >= 0.3 is 0 Å². The summed E-state index contributed by atoms with van der Waals surface area (Å²) in [6.07, 6.45) is 0. The predicted molar refractivity (Wildman–Crippen MR) is 232 cm³/mol. The second kappa shape index (κ2) is 11.4. The van der Waals surface area contributed by atoms with Gasteiger partial charge in [0.25, 0.3) is 0 Å². The molecular weight excluding hydrogens is 663 g/mol. The summed E-state index contributed by atoms with van der Waals surface area (Å²) in [5.74, 6) is 0. The lowest BCUT2D eigenvalue weighted by Gasteiger charge is -2.37. The maximum atomic E-state index is 2.55. The third kappa shape index (κ3) is 4.65. The van der Waals surface area contributed by atoms with E-state index in [1.165, 1.54) is 89.3 Å². The molecule has 0 aliphatic heterocycles. The Morgan fingerprint density at radius 1 is 0.382 bits per heavy atom. The Kier molecular flexibility index (Phi) is 7.04. The normalized spacial score (nSPS) is 15.2. The molecule has 10 rings (SSSR count). The molecule has 55 heavy (non-hydrogen) atoms. The van der Waals surface area contributed by atoms with E-state index in [4.69, 9.17) is 0 Å². The molecule has 3 aliphatic rings. The van der Waals surface area contributed by atoms with E-state index in [2.05, 4.69) is 212 Å². The largest absolute Gasteiger partial charge is 0.310 e. The van der Waals surface area contributed by atoms with Crippen LogP contribution in [-0.2, 0) is 21.7 Å². The molecule has 0 heterocycles. The van der Waals surface area contributed by atoms with Gasteiger partial charge in [-0.3, -0.25) is 0 Å². The van der Waals surface area contributed by atoms with Crippen molar-refractivity contribution < 1.29 is 0 Å². The zero-order chi connectivity index (χ0) is 38.1. The van der Waals surface area contributed by atoms with Crippen molar-refractivity contribution >= 4 is 17.1 Å². The summed E-state index contributed by atoms with van der Waals surface area (Å²) in [7, 11) is 0. The van der Waals surface area contributed by atoms with Crippen LogP contribution in [0.25, 0.3) is 33.4 Å². The lowest BCUT2D eigenvalue weighted by Crippen LogP contribution is -2.29. The van der Waals surface area contributed by atoms with Gasteiger partial charge in [-0.25, -0.2) is 0 Å². The van der Waals surface area contributed by atoms with Crippen molar-refractivity contribution in [2.24, 2.45) is 0 Å². The minimum absolute atomic E-state index is 0.00704. The maximum absolute atomic E-state index is 2.55. The van der Waals surface area contributed by atoms with Crippen LogP contribution in [0.2, 0.25) is 0 Å². The van der Waals surface area contributed by atoms with Gasteiger partial charge in [0.15, 0.2) is 0 Å². The fourth-order valence-electron chi connectivity index (χ4n) is 10.2. The third-order valence-corrected chi connectivity index (χ3v) is 13.0. The van der Waals surface area contributed by atoms with E-state index in [-0.39, 0.29) is 16.2 Å². The number of fused-ring (bicyclic) bond motifs is 13. The van der Waals surface area contributed by atoms with Crippen LogP contribution < -0.4 is 4.90 Å². The van der Waals surface area contributed by atoms with Crippen molar-refractivity contribution in [1.29, 1.82) is 0 Å². The van der Waals surface area contributed by atoms with Crippen molar-refractivity contribution in [1.82, 2.24) is 0 Å². The first-order valence-electron chi connectivity index (χ1n) is 19.9. The number of nitrogens with zero attached hydrogens (tertiary/aromatic N) is 1. The van der Waals surface area contributed by atoms with Gasteiger partial charge in [-0.05, 0) is 113 Å². The molecule has 7 aromatic rings. The first-order valence-corrected chi connectivity index (χ1v) is 19.9. The molecule has 0 amide bonds. The highest BCUT2D eigenvalue weighted by molar-refractivity contribution is 6.00. The highest BCUT2D eigenvalue weighted by Crippen LogP contribution is 2.66. The van der Waals surface area contributed by atoms with Crippen LogP contribution in [0.4, 0.5) is 17.1 Å². The highest BCUT2D eigenvalue weighted by atomic mass is 15.1. The fraction of sp³-hybridized carbons (Fsp3) is 0.222. The number of hydrogen-bond acceptors (Lipinski definition) is 1. The predicted octanol–water partition coefficient (Wildman–Crippen LogP) is 14.4. The lowest BCUT2D eigenvalue weighted by molar-refractivity contribution is 0.586. The van der Waals surface area contributed by atoms with Crippen molar-refractivity contribution in [2.75, 3.05) is 4.90 Å². The van der Waals surface area contributed by atoms with Crippen LogP contribution in [0.3, 0.4) is 0 Å². The topological polar surface area (TPSA) is 3.24 Å². The molecule has 0 saturated heterocycles. The summed E-state index contributed by atoms with van der Waals surface area (Å²) in [5.41, 5.74) is 21.9. The van der Waals surface area contributed by atoms with Crippen molar-refractivity contribution in [3.63, 3.8) is 0 Å². The summed E-state index contributed by atoms with van der Waals surface area (Å²) in [4.78, 5) is 2.55. The van der Waals surface area contributed by atoms with Crippen LogP contribution in [0, 0.1) is 0 Å². The van der Waals surface area contributed by atoms with E-state index in [0.29, 0.717) is 0 Å². The molecule has 0 radical (unpaired) electrons. The summed E-state index contributed by atoms with van der Waals surface area (Å²) in [6.45, 7) is 18.8. The minimum atomic E-state index is -0.519. The molecule has 3 aliphatic carbocycles. The molecule has 0 bridgehead atoms. The Bertz CT molecular complexity index is 2630. The average Bonchev–Trinajstić information content (AvgIpc) is 3.73. The summed E-state index contributed by atoms with van der Waals surface area (Å²) in [5, 5.41) is 0. The first-order chi connectivity index (χ1) is 26.3. The van der Waals surface area contributed by atoms with Gasteiger partial charge in [0.1, 0.15) is 0 Å². The number of para-hydroxylation sites is 1. The van der Waals surface area contributed by atoms with E-state index < -0.39 is 5.41 Å². The van der Waals surface area contributed by atoms with E-state index >= 15 is 0 Å². The molecule has 0 saturated carbocycles. The highest BCUT2D eigenvalue weighted by Gasteiger charge is 2.54. The van der Waals surface area contributed by atoms with Crippen molar-refractivity contribution in [3.8, 4) is 33.4 Å². The second-order valence-electron chi connectivity index (χ2n) is 18.6. The number of anilines is 3. The Balaban J connectivity index is 1.32.